The first-order valence-corrected chi connectivity index (χ1v) is 6.87. The van der Waals surface area contributed by atoms with Crippen LogP contribution in [0.1, 0.15) is 28.3 Å². The van der Waals surface area contributed by atoms with Crippen LogP contribution in [0.5, 0.6) is 5.75 Å². The van der Waals surface area contributed by atoms with Crippen molar-refractivity contribution < 1.29 is 9.90 Å². The molecule has 1 heterocycles. The molecule has 102 valence electrons. The zero-order chi connectivity index (χ0) is 13.9. The van der Waals surface area contributed by atoms with E-state index in [-0.39, 0.29) is 11.7 Å². The molecule has 0 saturated carbocycles. The highest BCUT2D eigenvalue weighted by Gasteiger charge is 2.27. The average molecular weight is 267 g/mol. The van der Waals surface area contributed by atoms with E-state index in [1.165, 1.54) is 11.6 Å². The number of phenols is 1. The molecule has 0 radical (unpaired) electrons. The highest BCUT2D eigenvalue weighted by molar-refractivity contribution is 5.94. The minimum atomic E-state index is -0.000619. The molecular weight excluding hydrogens is 250 g/mol. The highest BCUT2D eigenvalue weighted by atomic mass is 16.3. The van der Waals surface area contributed by atoms with Crippen LogP contribution in [0.3, 0.4) is 0 Å². The number of rotatable bonds is 2. The third kappa shape index (κ3) is 2.52. The summed E-state index contributed by atoms with van der Waals surface area (Å²) in [5.74, 6) is 0.548. The lowest BCUT2D eigenvalue weighted by Gasteiger charge is -2.17. The van der Waals surface area contributed by atoms with E-state index in [2.05, 4.69) is 12.1 Å². The quantitative estimate of drug-likeness (QED) is 0.908. The molecule has 0 aromatic heterocycles. The second-order valence-corrected chi connectivity index (χ2v) is 5.20. The predicted octanol–water partition coefficient (Wildman–Crippen LogP) is 3.02. The van der Waals surface area contributed by atoms with Crippen molar-refractivity contribution in [2.75, 3.05) is 13.1 Å². The molecule has 3 rings (SSSR count). The van der Waals surface area contributed by atoms with Crippen molar-refractivity contribution in [3.63, 3.8) is 0 Å². The van der Waals surface area contributed by atoms with Crippen molar-refractivity contribution in [2.24, 2.45) is 0 Å². The van der Waals surface area contributed by atoms with Gasteiger partial charge >= 0.3 is 0 Å². The molecular formula is C17H17NO2. The molecule has 2 aromatic rings. The second-order valence-electron chi connectivity index (χ2n) is 5.20. The normalized spacial score (nSPS) is 18.2. The Balaban J connectivity index is 1.73. The summed E-state index contributed by atoms with van der Waals surface area (Å²) in [6.07, 6.45) is 0.995. The van der Waals surface area contributed by atoms with Crippen LogP contribution >= 0.6 is 0 Å². The Kier molecular flexibility index (Phi) is 3.42. The summed E-state index contributed by atoms with van der Waals surface area (Å²) in [5.41, 5.74) is 1.84. The van der Waals surface area contributed by atoms with E-state index >= 15 is 0 Å². The van der Waals surface area contributed by atoms with Crippen molar-refractivity contribution in [3.05, 3.63) is 65.7 Å². The molecule has 0 spiro atoms. The van der Waals surface area contributed by atoms with Gasteiger partial charge in [0.25, 0.3) is 5.91 Å². The largest absolute Gasteiger partial charge is 0.508 e. The fraction of sp³-hybridized carbons (Fsp3) is 0.235. The Morgan fingerprint density at radius 3 is 2.65 bits per heavy atom. The van der Waals surface area contributed by atoms with Gasteiger partial charge in [-0.25, -0.2) is 0 Å². The summed E-state index contributed by atoms with van der Waals surface area (Å²) in [6.45, 7) is 1.52. The van der Waals surface area contributed by atoms with Gasteiger partial charge in [0, 0.05) is 24.6 Å². The number of hydrogen-bond donors (Lipinski definition) is 1. The molecule has 2 aromatic carbocycles. The molecule has 1 aliphatic heterocycles. The number of aromatic hydroxyl groups is 1. The molecule has 1 amide bonds. The molecule has 20 heavy (non-hydrogen) atoms. The van der Waals surface area contributed by atoms with Gasteiger partial charge in [-0.15, -0.1) is 0 Å². The van der Waals surface area contributed by atoms with Gasteiger partial charge in [0.15, 0.2) is 0 Å². The standard InChI is InChI=1S/C17H17NO2/c19-16-8-4-7-14(11-16)17(20)18-10-9-15(12-18)13-5-2-1-3-6-13/h1-8,11,15,19H,9-10,12H2. The lowest BCUT2D eigenvalue weighted by molar-refractivity contribution is 0.0790. The number of benzene rings is 2. The number of carbonyl (C=O) groups excluding carboxylic acids is 1. The number of hydrogen-bond acceptors (Lipinski definition) is 2. The lowest BCUT2D eigenvalue weighted by atomic mass is 9.99. The van der Waals surface area contributed by atoms with E-state index in [0.29, 0.717) is 11.5 Å². The van der Waals surface area contributed by atoms with Crippen LogP contribution in [0.15, 0.2) is 54.6 Å². The Morgan fingerprint density at radius 1 is 1.10 bits per heavy atom. The molecule has 3 heteroatoms. The van der Waals surface area contributed by atoms with Crippen molar-refractivity contribution in [1.82, 2.24) is 4.90 Å². The van der Waals surface area contributed by atoms with Gasteiger partial charge in [0.2, 0.25) is 0 Å². The van der Waals surface area contributed by atoms with E-state index < -0.39 is 0 Å². The monoisotopic (exact) mass is 267 g/mol. The van der Waals surface area contributed by atoms with Crippen LogP contribution in [0.25, 0.3) is 0 Å². The van der Waals surface area contributed by atoms with Crippen molar-refractivity contribution in [2.45, 2.75) is 12.3 Å². The summed E-state index contributed by atoms with van der Waals surface area (Å²) in [5, 5.41) is 9.46. The smallest absolute Gasteiger partial charge is 0.254 e. The van der Waals surface area contributed by atoms with Gasteiger partial charge in [-0.3, -0.25) is 4.79 Å². The first-order chi connectivity index (χ1) is 9.74. The van der Waals surface area contributed by atoms with Gasteiger partial charge in [-0.05, 0) is 30.2 Å². The van der Waals surface area contributed by atoms with E-state index in [0.717, 1.165) is 19.5 Å². The summed E-state index contributed by atoms with van der Waals surface area (Å²) in [6, 6.07) is 16.9. The third-order valence-corrected chi connectivity index (χ3v) is 3.84. The maximum atomic E-state index is 12.4. The van der Waals surface area contributed by atoms with Gasteiger partial charge < -0.3 is 10.0 Å². The zero-order valence-electron chi connectivity index (χ0n) is 11.2. The van der Waals surface area contributed by atoms with Crippen LogP contribution in [0.4, 0.5) is 0 Å². The van der Waals surface area contributed by atoms with Gasteiger partial charge in [-0.2, -0.15) is 0 Å². The van der Waals surface area contributed by atoms with Gasteiger partial charge in [0.1, 0.15) is 5.75 Å². The molecule has 3 nitrogen and oxygen atoms in total. The number of amides is 1. The molecule has 1 unspecified atom stereocenters. The fourth-order valence-corrected chi connectivity index (χ4v) is 2.76. The molecule has 1 atom stereocenters. The molecule has 0 bridgehead atoms. The van der Waals surface area contributed by atoms with E-state index in [9.17, 15) is 9.90 Å². The first kappa shape index (κ1) is 12.7. The second kappa shape index (κ2) is 5.37. The SMILES string of the molecule is O=C(c1cccc(O)c1)N1CCC(c2ccccc2)C1. The first-order valence-electron chi connectivity index (χ1n) is 6.87. The fourth-order valence-electron chi connectivity index (χ4n) is 2.76. The van der Waals surface area contributed by atoms with Crippen LogP contribution in [-0.2, 0) is 0 Å². The van der Waals surface area contributed by atoms with E-state index in [4.69, 9.17) is 0 Å². The number of phenolic OH excluding ortho intramolecular Hbond substituents is 1. The Labute approximate surface area is 118 Å². The van der Waals surface area contributed by atoms with Gasteiger partial charge in [-0.1, -0.05) is 36.4 Å². The Morgan fingerprint density at radius 2 is 1.90 bits per heavy atom. The van der Waals surface area contributed by atoms with Crippen molar-refractivity contribution in [3.8, 4) is 5.75 Å². The van der Waals surface area contributed by atoms with E-state index in [1.807, 2.05) is 23.1 Å². The third-order valence-electron chi connectivity index (χ3n) is 3.84. The summed E-state index contributed by atoms with van der Waals surface area (Å²) in [4.78, 5) is 14.3. The Hall–Kier alpha value is -2.29. The molecule has 1 aliphatic rings. The topological polar surface area (TPSA) is 40.5 Å². The maximum Gasteiger partial charge on any atom is 0.254 e. The van der Waals surface area contributed by atoms with Crippen LogP contribution in [0.2, 0.25) is 0 Å². The lowest BCUT2D eigenvalue weighted by Crippen LogP contribution is -2.28. The molecule has 1 N–H and O–H groups in total. The number of nitrogens with zero attached hydrogens (tertiary/aromatic N) is 1. The van der Waals surface area contributed by atoms with Gasteiger partial charge in [0.05, 0.1) is 0 Å². The summed E-state index contributed by atoms with van der Waals surface area (Å²) < 4.78 is 0. The number of carbonyl (C=O) groups is 1. The maximum absolute atomic E-state index is 12.4. The zero-order valence-corrected chi connectivity index (χ0v) is 11.2. The summed E-state index contributed by atoms with van der Waals surface area (Å²) >= 11 is 0. The minimum Gasteiger partial charge on any atom is -0.508 e. The van der Waals surface area contributed by atoms with E-state index in [1.54, 1.807) is 18.2 Å². The predicted molar refractivity (Wildman–Crippen MR) is 77.8 cm³/mol. The van der Waals surface area contributed by atoms with Crippen molar-refractivity contribution >= 4 is 5.91 Å². The number of likely N-dealkylation sites (tertiary alicyclic amines) is 1. The van der Waals surface area contributed by atoms with Crippen molar-refractivity contribution in [1.29, 1.82) is 0 Å². The minimum absolute atomic E-state index is 0.000619. The average Bonchev–Trinajstić information content (AvgIpc) is 2.97. The molecule has 1 fully saturated rings. The molecule has 0 aliphatic carbocycles. The summed E-state index contributed by atoms with van der Waals surface area (Å²) in [7, 11) is 0. The highest BCUT2D eigenvalue weighted by Crippen LogP contribution is 2.28. The van der Waals surface area contributed by atoms with Crippen LogP contribution in [0, 0.1) is 0 Å². The van der Waals surface area contributed by atoms with Crippen LogP contribution in [-0.4, -0.2) is 29.0 Å². The molecule has 1 saturated heterocycles. The Bertz CT molecular complexity index is 609. The van der Waals surface area contributed by atoms with Crippen LogP contribution < -0.4 is 0 Å².